The van der Waals surface area contributed by atoms with Crippen LogP contribution < -0.4 is 0 Å². The van der Waals surface area contributed by atoms with E-state index in [2.05, 4.69) is 4.74 Å². The molecule has 0 spiro atoms. The molecule has 0 rings (SSSR count). The van der Waals surface area contributed by atoms with Gasteiger partial charge in [-0.25, -0.2) is 4.39 Å². The molecule has 0 saturated heterocycles. The Morgan fingerprint density at radius 1 is 1.86 bits per heavy atom. The molecule has 0 saturated carbocycles. The van der Waals surface area contributed by atoms with Gasteiger partial charge in [-0.2, -0.15) is 0 Å². The molecule has 42 valence electrons. The number of halogens is 1. The lowest BCUT2D eigenvalue weighted by Gasteiger charge is -1.85. The minimum atomic E-state index is -0.193. The molecular weight excluding hydrogens is 95.1 g/mol. The standard InChI is InChI=1S/C5H9FO/c1-5(6)3-4-7-2/h3H,4H2,1-2H3/b5-3-. The molecule has 0 atom stereocenters. The Morgan fingerprint density at radius 3 is 2.57 bits per heavy atom. The van der Waals surface area contributed by atoms with Crippen molar-refractivity contribution in [1.82, 2.24) is 0 Å². The van der Waals surface area contributed by atoms with Gasteiger partial charge >= 0.3 is 0 Å². The fourth-order valence-electron chi connectivity index (χ4n) is 0.198. The fourth-order valence-corrected chi connectivity index (χ4v) is 0.198. The first-order valence-corrected chi connectivity index (χ1v) is 2.08. The Kier molecular flexibility index (Phi) is 3.61. The summed E-state index contributed by atoms with van der Waals surface area (Å²) in [5.41, 5.74) is 0. The van der Waals surface area contributed by atoms with E-state index in [1.165, 1.54) is 20.1 Å². The second-order valence-corrected chi connectivity index (χ2v) is 1.25. The number of rotatable bonds is 2. The maximum Gasteiger partial charge on any atom is 0.0951 e. The van der Waals surface area contributed by atoms with Gasteiger partial charge in [0, 0.05) is 7.11 Å². The van der Waals surface area contributed by atoms with E-state index in [9.17, 15) is 4.39 Å². The minimum absolute atomic E-state index is 0.193. The first-order valence-electron chi connectivity index (χ1n) is 2.08. The number of ether oxygens (including phenoxy) is 1. The molecule has 0 bridgehead atoms. The number of hydrogen-bond acceptors (Lipinski definition) is 1. The Labute approximate surface area is 42.8 Å². The van der Waals surface area contributed by atoms with Gasteiger partial charge in [0.25, 0.3) is 0 Å². The van der Waals surface area contributed by atoms with Crippen LogP contribution in [-0.4, -0.2) is 13.7 Å². The van der Waals surface area contributed by atoms with Gasteiger partial charge in [0.05, 0.1) is 12.4 Å². The van der Waals surface area contributed by atoms with Gasteiger partial charge in [0.15, 0.2) is 0 Å². The normalized spacial score (nSPS) is 12.1. The summed E-state index contributed by atoms with van der Waals surface area (Å²) in [7, 11) is 1.53. The molecule has 0 unspecified atom stereocenters. The third-order valence-electron chi connectivity index (χ3n) is 0.531. The third kappa shape index (κ3) is 5.63. The second-order valence-electron chi connectivity index (χ2n) is 1.25. The van der Waals surface area contributed by atoms with Crippen LogP contribution in [0.1, 0.15) is 6.92 Å². The van der Waals surface area contributed by atoms with Gasteiger partial charge in [-0.1, -0.05) is 0 Å². The number of allylic oxidation sites excluding steroid dienone is 1. The molecule has 7 heavy (non-hydrogen) atoms. The molecular formula is C5H9FO. The summed E-state index contributed by atoms with van der Waals surface area (Å²) in [6, 6.07) is 0. The Hall–Kier alpha value is -0.370. The Balaban J connectivity index is 3.08. The summed E-state index contributed by atoms with van der Waals surface area (Å²) in [5.74, 6) is -0.193. The van der Waals surface area contributed by atoms with Crippen LogP contribution in [-0.2, 0) is 4.74 Å². The van der Waals surface area contributed by atoms with Crippen molar-refractivity contribution in [3.63, 3.8) is 0 Å². The van der Waals surface area contributed by atoms with E-state index < -0.39 is 0 Å². The SMILES string of the molecule is COC/C=C(/C)F. The average molecular weight is 104 g/mol. The van der Waals surface area contributed by atoms with Crippen molar-refractivity contribution in [3.05, 3.63) is 11.9 Å². The van der Waals surface area contributed by atoms with Crippen molar-refractivity contribution < 1.29 is 9.13 Å². The molecule has 0 N–H and O–H groups in total. The second kappa shape index (κ2) is 3.81. The van der Waals surface area contributed by atoms with Gasteiger partial charge in [-0.05, 0) is 13.0 Å². The molecule has 2 heteroatoms. The molecule has 0 aromatic rings. The van der Waals surface area contributed by atoms with E-state index in [-0.39, 0.29) is 5.83 Å². The molecule has 0 heterocycles. The van der Waals surface area contributed by atoms with Crippen LogP contribution in [0.25, 0.3) is 0 Å². The quantitative estimate of drug-likeness (QED) is 0.516. The molecule has 0 aromatic heterocycles. The zero-order valence-corrected chi connectivity index (χ0v) is 4.57. The molecule has 0 aliphatic heterocycles. The van der Waals surface area contributed by atoms with Gasteiger partial charge in [-0.15, -0.1) is 0 Å². The van der Waals surface area contributed by atoms with Gasteiger partial charge in [0.2, 0.25) is 0 Å². The van der Waals surface area contributed by atoms with Crippen molar-refractivity contribution >= 4 is 0 Å². The Morgan fingerprint density at radius 2 is 2.43 bits per heavy atom. The highest BCUT2D eigenvalue weighted by atomic mass is 19.1. The smallest absolute Gasteiger partial charge is 0.0951 e. The molecule has 0 radical (unpaired) electrons. The van der Waals surface area contributed by atoms with E-state index in [4.69, 9.17) is 0 Å². The molecule has 0 aromatic carbocycles. The maximum atomic E-state index is 11.7. The predicted molar refractivity (Wildman–Crippen MR) is 26.7 cm³/mol. The van der Waals surface area contributed by atoms with Crippen LogP contribution in [0.2, 0.25) is 0 Å². The zero-order chi connectivity index (χ0) is 5.70. The van der Waals surface area contributed by atoms with Crippen LogP contribution >= 0.6 is 0 Å². The van der Waals surface area contributed by atoms with Crippen LogP contribution in [0.5, 0.6) is 0 Å². The highest BCUT2D eigenvalue weighted by molar-refractivity contribution is 4.85. The van der Waals surface area contributed by atoms with Crippen molar-refractivity contribution in [3.8, 4) is 0 Å². The van der Waals surface area contributed by atoms with Crippen LogP contribution in [0.15, 0.2) is 11.9 Å². The fraction of sp³-hybridized carbons (Fsp3) is 0.600. The Bertz CT molecular complexity index is 64.5. The van der Waals surface area contributed by atoms with Gasteiger partial charge in [0.1, 0.15) is 0 Å². The van der Waals surface area contributed by atoms with E-state index in [1.54, 1.807) is 0 Å². The van der Waals surface area contributed by atoms with Crippen molar-refractivity contribution in [2.24, 2.45) is 0 Å². The van der Waals surface area contributed by atoms with E-state index in [0.29, 0.717) is 6.61 Å². The van der Waals surface area contributed by atoms with E-state index in [0.717, 1.165) is 0 Å². The summed E-state index contributed by atoms with van der Waals surface area (Å²) in [6.07, 6.45) is 1.38. The summed E-state index contributed by atoms with van der Waals surface area (Å²) < 4.78 is 16.2. The summed E-state index contributed by atoms with van der Waals surface area (Å²) in [6.45, 7) is 1.75. The zero-order valence-electron chi connectivity index (χ0n) is 4.57. The molecule has 0 fully saturated rings. The predicted octanol–water partition coefficient (Wildman–Crippen LogP) is 1.51. The largest absolute Gasteiger partial charge is 0.381 e. The van der Waals surface area contributed by atoms with E-state index in [1.807, 2.05) is 0 Å². The van der Waals surface area contributed by atoms with Gasteiger partial charge < -0.3 is 4.74 Å². The maximum absolute atomic E-state index is 11.7. The summed E-state index contributed by atoms with van der Waals surface area (Å²) in [4.78, 5) is 0. The first-order chi connectivity index (χ1) is 3.27. The topological polar surface area (TPSA) is 9.23 Å². The monoisotopic (exact) mass is 104 g/mol. The molecule has 0 amide bonds. The van der Waals surface area contributed by atoms with Crippen LogP contribution in [0.4, 0.5) is 4.39 Å². The third-order valence-corrected chi connectivity index (χ3v) is 0.531. The van der Waals surface area contributed by atoms with Gasteiger partial charge in [-0.3, -0.25) is 0 Å². The van der Waals surface area contributed by atoms with Crippen LogP contribution in [0, 0.1) is 0 Å². The van der Waals surface area contributed by atoms with Crippen molar-refractivity contribution in [2.75, 3.05) is 13.7 Å². The molecule has 0 aliphatic rings. The minimum Gasteiger partial charge on any atom is -0.381 e. The first kappa shape index (κ1) is 6.63. The highest BCUT2D eigenvalue weighted by Gasteiger charge is 1.76. The van der Waals surface area contributed by atoms with Crippen molar-refractivity contribution in [2.45, 2.75) is 6.92 Å². The van der Waals surface area contributed by atoms with E-state index >= 15 is 0 Å². The lowest BCUT2D eigenvalue weighted by molar-refractivity contribution is 0.232. The van der Waals surface area contributed by atoms with Crippen molar-refractivity contribution in [1.29, 1.82) is 0 Å². The number of methoxy groups -OCH3 is 1. The van der Waals surface area contributed by atoms with Crippen LogP contribution in [0.3, 0.4) is 0 Å². The average Bonchev–Trinajstić information content (AvgIpc) is 1.61. The highest BCUT2D eigenvalue weighted by Crippen LogP contribution is 1.89. The lowest BCUT2D eigenvalue weighted by Crippen LogP contribution is -1.80. The summed E-state index contributed by atoms with van der Waals surface area (Å²) >= 11 is 0. The molecule has 0 aliphatic carbocycles. The summed E-state index contributed by atoms with van der Waals surface area (Å²) in [5, 5.41) is 0. The molecule has 1 nitrogen and oxygen atoms in total. The number of hydrogen-bond donors (Lipinski definition) is 0. The lowest BCUT2D eigenvalue weighted by atomic mass is 10.5.